The van der Waals surface area contributed by atoms with E-state index < -0.39 is 5.60 Å². The molecule has 0 aromatic carbocycles. The highest BCUT2D eigenvalue weighted by atomic mass is 16.5. The Kier molecular flexibility index (Phi) is 3.12. The average Bonchev–Trinajstić information content (AvgIpc) is 2.64. The predicted molar refractivity (Wildman–Crippen MR) is 63.1 cm³/mol. The van der Waals surface area contributed by atoms with Gasteiger partial charge in [0.25, 0.3) is 0 Å². The molecule has 90 valence electrons. The van der Waals surface area contributed by atoms with Crippen molar-refractivity contribution in [1.82, 2.24) is 9.97 Å². The van der Waals surface area contributed by atoms with Crippen molar-refractivity contribution in [3.63, 3.8) is 0 Å². The van der Waals surface area contributed by atoms with E-state index in [1.807, 2.05) is 13.8 Å². The molecule has 1 aliphatic rings. The predicted octanol–water partition coefficient (Wildman–Crippen LogP) is 2.40. The molecule has 2 heterocycles. The lowest BCUT2D eigenvalue weighted by molar-refractivity contribution is -0.0308. The third-order valence-electron chi connectivity index (χ3n) is 3.29. The third-order valence-corrected chi connectivity index (χ3v) is 3.29. The van der Waals surface area contributed by atoms with Crippen LogP contribution >= 0.6 is 0 Å². The summed E-state index contributed by atoms with van der Waals surface area (Å²) in [4.78, 5) is 8.98. The molecule has 4 nitrogen and oxygen atoms in total. The van der Waals surface area contributed by atoms with Crippen LogP contribution in [0.3, 0.4) is 0 Å². The van der Waals surface area contributed by atoms with E-state index in [2.05, 4.69) is 23.0 Å². The highest BCUT2D eigenvalue weighted by Gasteiger charge is 2.38. The molecule has 17 heavy (non-hydrogen) atoms. The zero-order valence-corrected chi connectivity index (χ0v) is 10.6. The van der Waals surface area contributed by atoms with Gasteiger partial charge in [-0.3, -0.25) is 0 Å². The maximum Gasteiger partial charge on any atom is 0.125 e. The number of aryl methyl sites for hydroxylation is 2. The molecule has 0 amide bonds. The van der Waals surface area contributed by atoms with Crippen molar-refractivity contribution in [2.45, 2.75) is 52.2 Å². The van der Waals surface area contributed by atoms with E-state index in [0.717, 1.165) is 29.2 Å². The quantitative estimate of drug-likeness (QED) is 0.801. The Balaban J connectivity index is 2.44. The first-order chi connectivity index (χ1) is 8.10. The summed E-state index contributed by atoms with van der Waals surface area (Å²) in [6, 6.07) is 2.17. The van der Waals surface area contributed by atoms with Gasteiger partial charge in [-0.15, -0.1) is 0 Å². The van der Waals surface area contributed by atoms with Crippen LogP contribution < -0.4 is 0 Å². The van der Waals surface area contributed by atoms with Gasteiger partial charge in [0, 0.05) is 17.7 Å². The van der Waals surface area contributed by atoms with E-state index in [0.29, 0.717) is 19.4 Å². The molecule has 0 spiro atoms. The Bertz CT molecular complexity index is 478. The molecule has 2 rings (SSSR count). The van der Waals surface area contributed by atoms with E-state index in [1.165, 1.54) is 0 Å². The van der Waals surface area contributed by atoms with Crippen LogP contribution in [-0.4, -0.2) is 9.97 Å². The van der Waals surface area contributed by atoms with Crippen LogP contribution in [0.25, 0.3) is 0 Å². The third kappa shape index (κ3) is 2.03. The van der Waals surface area contributed by atoms with Crippen LogP contribution in [0.5, 0.6) is 0 Å². The minimum absolute atomic E-state index is 0.414. The lowest BCUT2D eigenvalue weighted by atomic mass is 9.94. The monoisotopic (exact) mass is 231 g/mol. The normalized spacial score (nSPS) is 22.2. The first-order valence-corrected chi connectivity index (χ1v) is 5.98. The van der Waals surface area contributed by atoms with Crippen molar-refractivity contribution in [2.24, 2.45) is 0 Å². The molecule has 0 N–H and O–H groups in total. The summed E-state index contributed by atoms with van der Waals surface area (Å²) in [6.45, 7) is 6.58. The Hall–Kier alpha value is -1.47. The molecule has 0 bridgehead atoms. The zero-order chi connectivity index (χ0) is 12.5. The highest BCUT2D eigenvalue weighted by Crippen LogP contribution is 2.39. The maximum atomic E-state index is 8.71. The lowest BCUT2D eigenvalue weighted by Crippen LogP contribution is -2.22. The minimum atomic E-state index is -0.414. The van der Waals surface area contributed by atoms with Gasteiger partial charge in [0.05, 0.1) is 18.4 Å². The summed E-state index contributed by atoms with van der Waals surface area (Å²) in [5.41, 5.74) is 2.77. The van der Waals surface area contributed by atoms with E-state index in [4.69, 9.17) is 10.00 Å². The van der Waals surface area contributed by atoms with E-state index >= 15 is 0 Å². The zero-order valence-electron chi connectivity index (χ0n) is 10.6. The van der Waals surface area contributed by atoms with Gasteiger partial charge in [-0.05, 0) is 26.7 Å². The van der Waals surface area contributed by atoms with Crippen LogP contribution in [0.2, 0.25) is 0 Å². The van der Waals surface area contributed by atoms with Gasteiger partial charge in [-0.25, -0.2) is 9.97 Å². The highest BCUT2D eigenvalue weighted by molar-refractivity contribution is 5.33. The van der Waals surface area contributed by atoms with Crippen molar-refractivity contribution in [3.05, 3.63) is 22.8 Å². The molecular formula is C13H17N3O. The van der Waals surface area contributed by atoms with Crippen molar-refractivity contribution in [3.8, 4) is 6.07 Å². The summed E-state index contributed by atoms with van der Waals surface area (Å²) >= 11 is 0. The summed E-state index contributed by atoms with van der Waals surface area (Å²) in [5.74, 6) is 0.786. The first kappa shape index (κ1) is 12.0. The fraction of sp³-hybridized carbons (Fsp3) is 0.615. The summed E-state index contributed by atoms with van der Waals surface area (Å²) in [6.07, 6.45) is 2.07. The molecule has 1 aliphatic heterocycles. The molecule has 0 aliphatic carbocycles. The Morgan fingerprint density at radius 3 is 2.88 bits per heavy atom. The summed E-state index contributed by atoms with van der Waals surface area (Å²) in [7, 11) is 0. The van der Waals surface area contributed by atoms with Gasteiger partial charge in [0.2, 0.25) is 0 Å². The number of aromatic nitrogens is 2. The van der Waals surface area contributed by atoms with Gasteiger partial charge >= 0.3 is 0 Å². The number of nitrogens with zero attached hydrogens (tertiary/aromatic N) is 3. The van der Waals surface area contributed by atoms with Gasteiger partial charge in [0.1, 0.15) is 11.4 Å². The molecule has 0 saturated carbocycles. The molecule has 0 fully saturated rings. The van der Waals surface area contributed by atoms with Crippen LogP contribution in [0.15, 0.2) is 0 Å². The Morgan fingerprint density at radius 1 is 1.47 bits per heavy atom. The number of fused-ring (bicyclic) bond motifs is 1. The van der Waals surface area contributed by atoms with Gasteiger partial charge in [-0.2, -0.15) is 5.26 Å². The number of nitriles is 1. The number of hydrogen-bond acceptors (Lipinski definition) is 4. The van der Waals surface area contributed by atoms with Crippen molar-refractivity contribution >= 4 is 0 Å². The lowest BCUT2D eigenvalue weighted by Gasteiger charge is -2.22. The topological polar surface area (TPSA) is 58.8 Å². The van der Waals surface area contributed by atoms with Crippen molar-refractivity contribution < 1.29 is 4.74 Å². The number of rotatable bonds is 3. The molecule has 0 saturated heterocycles. The summed E-state index contributed by atoms with van der Waals surface area (Å²) in [5, 5.41) is 8.71. The molecular weight excluding hydrogens is 214 g/mol. The molecule has 4 heteroatoms. The fourth-order valence-corrected chi connectivity index (χ4v) is 2.32. The number of hydrogen-bond donors (Lipinski definition) is 0. The molecule has 1 unspecified atom stereocenters. The van der Waals surface area contributed by atoms with Crippen LogP contribution in [0.1, 0.15) is 49.5 Å². The second-order valence-electron chi connectivity index (χ2n) is 4.58. The molecule has 1 aromatic heterocycles. The van der Waals surface area contributed by atoms with Gasteiger partial charge < -0.3 is 4.74 Å². The fourth-order valence-electron chi connectivity index (χ4n) is 2.32. The standard InChI is InChI=1S/C13H17N3O/c1-4-11-10-8-17-13(3,6-5-7-14)12(10)16-9(2)15-11/h4-6,8H2,1-3H3. The SMILES string of the molecule is CCc1nc(C)nc2c1COC2(C)CCC#N. The Morgan fingerprint density at radius 2 is 2.24 bits per heavy atom. The van der Waals surface area contributed by atoms with Crippen LogP contribution in [-0.2, 0) is 23.4 Å². The van der Waals surface area contributed by atoms with Crippen LogP contribution in [0.4, 0.5) is 0 Å². The average molecular weight is 231 g/mol. The maximum absolute atomic E-state index is 8.71. The second-order valence-corrected chi connectivity index (χ2v) is 4.58. The van der Waals surface area contributed by atoms with Crippen molar-refractivity contribution in [1.29, 1.82) is 5.26 Å². The van der Waals surface area contributed by atoms with Gasteiger partial charge in [-0.1, -0.05) is 6.92 Å². The molecule has 1 aromatic rings. The largest absolute Gasteiger partial charge is 0.364 e. The summed E-state index contributed by atoms with van der Waals surface area (Å²) < 4.78 is 5.86. The smallest absolute Gasteiger partial charge is 0.125 e. The van der Waals surface area contributed by atoms with Crippen molar-refractivity contribution in [2.75, 3.05) is 0 Å². The minimum Gasteiger partial charge on any atom is -0.364 e. The molecule has 0 radical (unpaired) electrons. The van der Waals surface area contributed by atoms with Gasteiger partial charge in [0.15, 0.2) is 0 Å². The second kappa shape index (κ2) is 4.42. The van der Waals surface area contributed by atoms with E-state index in [1.54, 1.807) is 0 Å². The van der Waals surface area contributed by atoms with E-state index in [-0.39, 0.29) is 0 Å². The van der Waals surface area contributed by atoms with E-state index in [9.17, 15) is 0 Å². The number of ether oxygens (including phenoxy) is 1. The first-order valence-electron chi connectivity index (χ1n) is 5.98. The van der Waals surface area contributed by atoms with Crippen LogP contribution in [0, 0.1) is 18.3 Å². The Labute approximate surface area is 102 Å². The molecule has 1 atom stereocenters.